The van der Waals surface area contributed by atoms with Gasteiger partial charge in [-0.1, -0.05) is 22.0 Å². The first-order valence-electron chi connectivity index (χ1n) is 7.12. The molecule has 0 spiro atoms. The Balaban J connectivity index is 1.86. The van der Waals surface area contributed by atoms with Gasteiger partial charge in [0.2, 0.25) is 15.9 Å². The van der Waals surface area contributed by atoms with Gasteiger partial charge < -0.3 is 10.2 Å². The summed E-state index contributed by atoms with van der Waals surface area (Å²) in [5.74, 6) is -0.0503. The predicted octanol–water partition coefficient (Wildman–Crippen LogP) is 0.938. The van der Waals surface area contributed by atoms with E-state index in [4.69, 9.17) is 0 Å². The summed E-state index contributed by atoms with van der Waals surface area (Å²) in [7, 11) is -1.82. The minimum absolute atomic E-state index is 0.0503. The van der Waals surface area contributed by atoms with Crippen molar-refractivity contribution in [3.8, 4) is 0 Å². The topological polar surface area (TPSA) is 78.5 Å². The minimum Gasteiger partial charge on any atom is -0.341 e. The molecule has 2 N–H and O–H groups in total. The molecule has 0 aliphatic carbocycles. The Morgan fingerprint density at radius 1 is 1.50 bits per heavy atom. The van der Waals surface area contributed by atoms with Crippen LogP contribution in [0.15, 0.2) is 33.6 Å². The van der Waals surface area contributed by atoms with E-state index < -0.39 is 10.0 Å². The fourth-order valence-electron chi connectivity index (χ4n) is 2.36. The summed E-state index contributed by atoms with van der Waals surface area (Å²) in [6, 6.07) is 6.66. The standard InChI is InChI=1S/C14H20BrN3O3S/c1-18(12-5-7-16-10-12)14(19)6-8-17-22(20,21)13-4-2-3-11(15)9-13/h2-4,9,12,16-17H,5-8,10H2,1H3. The van der Waals surface area contributed by atoms with E-state index in [0.29, 0.717) is 4.47 Å². The molecule has 1 aliphatic heterocycles. The molecule has 8 heteroatoms. The van der Waals surface area contributed by atoms with E-state index in [0.717, 1.165) is 19.5 Å². The zero-order valence-electron chi connectivity index (χ0n) is 12.4. The monoisotopic (exact) mass is 389 g/mol. The van der Waals surface area contributed by atoms with E-state index in [1.54, 1.807) is 24.1 Å². The van der Waals surface area contributed by atoms with Crippen LogP contribution in [0.1, 0.15) is 12.8 Å². The molecule has 0 radical (unpaired) electrons. The van der Waals surface area contributed by atoms with Gasteiger partial charge in [-0.3, -0.25) is 4.79 Å². The zero-order valence-corrected chi connectivity index (χ0v) is 14.8. The molecule has 1 atom stereocenters. The van der Waals surface area contributed by atoms with Gasteiger partial charge in [-0.15, -0.1) is 0 Å². The minimum atomic E-state index is -3.59. The molecule has 1 aromatic rings. The molecule has 6 nitrogen and oxygen atoms in total. The highest BCUT2D eigenvalue weighted by Gasteiger charge is 2.23. The molecule has 1 unspecified atom stereocenters. The molecule has 22 heavy (non-hydrogen) atoms. The van der Waals surface area contributed by atoms with Crippen molar-refractivity contribution in [2.45, 2.75) is 23.8 Å². The van der Waals surface area contributed by atoms with Gasteiger partial charge in [0.1, 0.15) is 0 Å². The van der Waals surface area contributed by atoms with Crippen molar-refractivity contribution in [1.29, 1.82) is 0 Å². The SMILES string of the molecule is CN(C(=O)CCNS(=O)(=O)c1cccc(Br)c1)C1CCNC1. The highest BCUT2D eigenvalue weighted by molar-refractivity contribution is 9.10. The lowest BCUT2D eigenvalue weighted by Crippen LogP contribution is -2.40. The van der Waals surface area contributed by atoms with Gasteiger partial charge in [0.05, 0.1) is 4.90 Å². The highest BCUT2D eigenvalue weighted by Crippen LogP contribution is 2.15. The van der Waals surface area contributed by atoms with Crippen molar-refractivity contribution in [1.82, 2.24) is 14.9 Å². The normalized spacial score (nSPS) is 18.4. The predicted molar refractivity (Wildman–Crippen MR) is 88.0 cm³/mol. The van der Waals surface area contributed by atoms with E-state index in [-0.39, 0.29) is 29.8 Å². The number of sulfonamides is 1. The molecule has 1 saturated heterocycles. The molecule has 0 saturated carbocycles. The summed E-state index contributed by atoms with van der Waals surface area (Å²) < 4.78 is 27.4. The zero-order chi connectivity index (χ0) is 16.2. The smallest absolute Gasteiger partial charge is 0.240 e. The molecule has 1 aliphatic rings. The summed E-state index contributed by atoms with van der Waals surface area (Å²) in [5.41, 5.74) is 0. The van der Waals surface area contributed by atoms with E-state index in [1.807, 2.05) is 0 Å². The number of nitrogens with zero attached hydrogens (tertiary/aromatic N) is 1. The summed E-state index contributed by atoms with van der Waals surface area (Å²) in [4.78, 5) is 13.9. The van der Waals surface area contributed by atoms with Gasteiger partial charge in [0.25, 0.3) is 0 Å². The first kappa shape index (κ1) is 17.4. The van der Waals surface area contributed by atoms with E-state index >= 15 is 0 Å². The lowest BCUT2D eigenvalue weighted by molar-refractivity contribution is -0.131. The van der Waals surface area contributed by atoms with Crippen molar-refractivity contribution in [2.24, 2.45) is 0 Å². The molecule has 2 rings (SSSR count). The summed E-state index contributed by atoms with van der Waals surface area (Å²) in [5, 5.41) is 3.21. The van der Waals surface area contributed by atoms with Crippen LogP contribution in [0.5, 0.6) is 0 Å². The number of rotatable bonds is 6. The largest absolute Gasteiger partial charge is 0.341 e. The van der Waals surface area contributed by atoms with Gasteiger partial charge in [-0.2, -0.15) is 0 Å². The van der Waals surface area contributed by atoms with E-state index in [9.17, 15) is 13.2 Å². The third-order valence-electron chi connectivity index (χ3n) is 3.71. The fourth-order valence-corrected chi connectivity index (χ4v) is 3.99. The molecule has 1 fully saturated rings. The number of hydrogen-bond acceptors (Lipinski definition) is 4. The number of benzene rings is 1. The molecule has 1 heterocycles. The van der Waals surface area contributed by atoms with Crippen LogP contribution in [0.4, 0.5) is 0 Å². The lowest BCUT2D eigenvalue weighted by atomic mass is 10.2. The Bertz CT molecular complexity index is 630. The molecule has 0 bridgehead atoms. The van der Waals surface area contributed by atoms with Crippen LogP contribution in [-0.4, -0.2) is 51.9 Å². The van der Waals surface area contributed by atoms with Crippen LogP contribution in [0, 0.1) is 0 Å². The second kappa shape index (κ2) is 7.54. The Labute approximate surface area is 139 Å². The van der Waals surface area contributed by atoms with Crippen molar-refractivity contribution in [3.05, 3.63) is 28.7 Å². The maximum atomic E-state index is 12.1. The summed E-state index contributed by atoms with van der Waals surface area (Å²) in [6.45, 7) is 1.81. The maximum Gasteiger partial charge on any atom is 0.240 e. The number of carbonyl (C=O) groups is 1. The van der Waals surface area contributed by atoms with Crippen LogP contribution in [0.2, 0.25) is 0 Å². The number of hydrogen-bond donors (Lipinski definition) is 2. The molecular weight excluding hydrogens is 370 g/mol. The van der Waals surface area contributed by atoms with E-state index in [1.165, 1.54) is 12.1 Å². The third kappa shape index (κ3) is 4.52. The van der Waals surface area contributed by atoms with Crippen molar-refractivity contribution in [2.75, 3.05) is 26.7 Å². The molecule has 1 amide bonds. The summed E-state index contributed by atoms with van der Waals surface area (Å²) in [6.07, 6.45) is 1.09. The second-order valence-corrected chi connectivity index (χ2v) is 7.94. The molecular formula is C14H20BrN3O3S. The first-order chi connectivity index (χ1) is 10.4. The maximum absolute atomic E-state index is 12.1. The Kier molecular flexibility index (Phi) is 5.96. The average Bonchev–Trinajstić information content (AvgIpc) is 3.00. The second-order valence-electron chi connectivity index (χ2n) is 5.26. The number of likely N-dealkylation sites (N-methyl/N-ethyl adjacent to an activating group) is 1. The fraction of sp³-hybridized carbons (Fsp3) is 0.500. The molecule has 122 valence electrons. The van der Waals surface area contributed by atoms with E-state index in [2.05, 4.69) is 26.0 Å². The van der Waals surface area contributed by atoms with Gasteiger partial charge in [0, 0.05) is 37.1 Å². The lowest BCUT2D eigenvalue weighted by Gasteiger charge is -2.23. The quantitative estimate of drug-likeness (QED) is 0.758. The Morgan fingerprint density at radius 3 is 2.91 bits per heavy atom. The number of halogens is 1. The van der Waals surface area contributed by atoms with Crippen LogP contribution in [-0.2, 0) is 14.8 Å². The third-order valence-corrected chi connectivity index (χ3v) is 5.66. The van der Waals surface area contributed by atoms with Crippen molar-refractivity contribution < 1.29 is 13.2 Å². The van der Waals surface area contributed by atoms with Gasteiger partial charge in [-0.25, -0.2) is 13.1 Å². The number of nitrogens with one attached hydrogen (secondary N) is 2. The van der Waals surface area contributed by atoms with Crippen LogP contribution >= 0.6 is 15.9 Å². The number of amides is 1. The van der Waals surface area contributed by atoms with Gasteiger partial charge in [0.15, 0.2) is 0 Å². The summed E-state index contributed by atoms with van der Waals surface area (Å²) >= 11 is 3.24. The Morgan fingerprint density at radius 2 is 2.27 bits per heavy atom. The number of carbonyl (C=O) groups excluding carboxylic acids is 1. The first-order valence-corrected chi connectivity index (χ1v) is 9.39. The van der Waals surface area contributed by atoms with Crippen LogP contribution in [0.25, 0.3) is 0 Å². The molecule has 1 aromatic carbocycles. The van der Waals surface area contributed by atoms with Gasteiger partial charge >= 0.3 is 0 Å². The van der Waals surface area contributed by atoms with Crippen LogP contribution < -0.4 is 10.0 Å². The molecule has 0 aromatic heterocycles. The Hall–Kier alpha value is -0.960. The van der Waals surface area contributed by atoms with Crippen molar-refractivity contribution >= 4 is 31.9 Å². The van der Waals surface area contributed by atoms with Gasteiger partial charge in [-0.05, 0) is 31.2 Å². The van der Waals surface area contributed by atoms with Crippen molar-refractivity contribution in [3.63, 3.8) is 0 Å². The average molecular weight is 390 g/mol. The van der Waals surface area contributed by atoms with Crippen LogP contribution in [0.3, 0.4) is 0 Å². The highest BCUT2D eigenvalue weighted by atomic mass is 79.9.